The summed E-state index contributed by atoms with van der Waals surface area (Å²) in [5.41, 5.74) is 4.35. The van der Waals surface area contributed by atoms with Crippen LogP contribution in [0, 0.1) is 5.92 Å². The fourth-order valence-corrected chi connectivity index (χ4v) is 3.68. The van der Waals surface area contributed by atoms with Crippen LogP contribution in [0.25, 0.3) is 16.9 Å². The Labute approximate surface area is 153 Å². The van der Waals surface area contributed by atoms with Crippen LogP contribution in [-0.2, 0) is 6.54 Å². The summed E-state index contributed by atoms with van der Waals surface area (Å²) in [6.45, 7) is 3.14. The maximum atomic E-state index is 9.51. The van der Waals surface area contributed by atoms with Crippen molar-refractivity contribution in [1.29, 1.82) is 0 Å². The van der Waals surface area contributed by atoms with Gasteiger partial charge in [0.15, 0.2) is 0 Å². The Balaban J connectivity index is 1.67. The van der Waals surface area contributed by atoms with Crippen LogP contribution in [0.2, 0.25) is 0 Å². The molecule has 1 N–H and O–H groups in total. The van der Waals surface area contributed by atoms with Gasteiger partial charge >= 0.3 is 0 Å². The molecule has 0 saturated carbocycles. The van der Waals surface area contributed by atoms with Crippen molar-refractivity contribution in [3.63, 3.8) is 0 Å². The predicted molar refractivity (Wildman–Crippen MR) is 102 cm³/mol. The van der Waals surface area contributed by atoms with E-state index in [0.717, 1.165) is 49.4 Å². The molecule has 4 rings (SSSR count). The Morgan fingerprint density at radius 1 is 1.08 bits per heavy atom. The highest BCUT2D eigenvalue weighted by Gasteiger charge is 2.21. The van der Waals surface area contributed by atoms with E-state index in [1.807, 2.05) is 47.4 Å². The number of para-hydroxylation sites is 1. The Morgan fingerprint density at radius 2 is 1.88 bits per heavy atom. The van der Waals surface area contributed by atoms with Crippen molar-refractivity contribution in [2.45, 2.75) is 19.4 Å². The quantitative estimate of drug-likeness (QED) is 0.770. The molecular formula is C21H24N4O. The van der Waals surface area contributed by atoms with Gasteiger partial charge in [-0.2, -0.15) is 5.10 Å². The second kappa shape index (κ2) is 7.81. The summed E-state index contributed by atoms with van der Waals surface area (Å²) in [4.78, 5) is 6.56. The van der Waals surface area contributed by atoms with Gasteiger partial charge in [-0.05, 0) is 49.6 Å². The topological polar surface area (TPSA) is 54.2 Å². The van der Waals surface area contributed by atoms with Gasteiger partial charge in [0.25, 0.3) is 0 Å². The maximum absolute atomic E-state index is 9.51. The minimum atomic E-state index is 0.275. The van der Waals surface area contributed by atoms with E-state index >= 15 is 0 Å². The number of pyridine rings is 1. The molecule has 3 heterocycles. The maximum Gasteiger partial charge on any atom is 0.0973 e. The first kappa shape index (κ1) is 16.9. The van der Waals surface area contributed by atoms with Gasteiger partial charge in [-0.3, -0.25) is 9.88 Å². The van der Waals surface area contributed by atoms with E-state index < -0.39 is 0 Å². The van der Waals surface area contributed by atoms with Gasteiger partial charge < -0.3 is 5.11 Å². The Bertz CT molecular complexity index is 832. The third-order valence-corrected chi connectivity index (χ3v) is 5.02. The van der Waals surface area contributed by atoms with E-state index in [9.17, 15) is 5.11 Å². The molecule has 0 radical (unpaired) electrons. The normalized spacial score (nSPS) is 18.1. The molecule has 3 aromatic rings. The van der Waals surface area contributed by atoms with Crippen LogP contribution < -0.4 is 0 Å². The molecule has 0 bridgehead atoms. The summed E-state index contributed by atoms with van der Waals surface area (Å²) in [5.74, 6) is 0.386. The standard InChI is InChI=1S/C21H24N4O/c26-16-17-5-4-12-24(13-17)14-19-15-25(20-6-2-1-3-7-20)23-21(19)18-8-10-22-11-9-18/h1-3,6-11,15,17,26H,4-5,12-14,16H2. The van der Waals surface area contributed by atoms with E-state index in [2.05, 4.69) is 28.2 Å². The monoisotopic (exact) mass is 348 g/mol. The van der Waals surface area contributed by atoms with Crippen molar-refractivity contribution in [1.82, 2.24) is 19.7 Å². The van der Waals surface area contributed by atoms with Gasteiger partial charge in [-0.25, -0.2) is 4.68 Å². The van der Waals surface area contributed by atoms with Crippen LogP contribution in [0.1, 0.15) is 18.4 Å². The fraction of sp³-hybridized carbons (Fsp3) is 0.333. The lowest BCUT2D eigenvalue weighted by Crippen LogP contribution is -2.36. The summed E-state index contributed by atoms with van der Waals surface area (Å²) in [5, 5.41) is 14.4. The van der Waals surface area contributed by atoms with Gasteiger partial charge in [0.2, 0.25) is 0 Å². The largest absolute Gasteiger partial charge is 0.396 e. The second-order valence-corrected chi connectivity index (χ2v) is 6.94. The Morgan fingerprint density at radius 3 is 2.65 bits per heavy atom. The summed E-state index contributed by atoms with van der Waals surface area (Å²) >= 11 is 0. The van der Waals surface area contributed by atoms with Crippen LogP contribution in [0.3, 0.4) is 0 Å². The average molecular weight is 348 g/mol. The van der Waals surface area contributed by atoms with Crippen LogP contribution in [0.4, 0.5) is 0 Å². The average Bonchev–Trinajstić information content (AvgIpc) is 3.13. The molecule has 1 aromatic carbocycles. The Hall–Kier alpha value is -2.50. The first-order chi connectivity index (χ1) is 12.8. The van der Waals surface area contributed by atoms with E-state index in [-0.39, 0.29) is 6.61 Å². The van der Waals surface area contributed by atoms with E-state index in [0.29, 0.717) is 5.92 Å². The smallest absolute Gasteiger partial charge is 0.0973 e. The van der Waals surface area contributed by atoms with Gasteiger partial charge in [0.05, 0.1) is 11.4 Å². The zero-order chi connectivity index (χ0) is 17.8. The second-order valence-electron chi connectivity index (χ2n) is 6.94. The third-order valence-electron chi connectivity index (χ3n) is 5.02. The number of aliphatic hydroxyl groups is 1. The van der Waals surface area contributed by atoms with Gasteiger partial charge in [0.1, 0.15) is 0 Å². The minimum absolute atomic E-state index is 0.275. The van der Waals surface area contributed by atoms with Gasteiger partial charge in [-0.15, -0.1) is 0 Å². The van der Waals surface area contributed by atoms with Crippen LogP contribution in [0.15, 0.2) is 61.1 Å². The molecule has 0 aliphatic carbocycles. The molecule has 0 amide bonds. The molecular weight excluding hydrogens is 324 g/mol. The highest BCUT2D eigenvalue weighted by atomic mass is 16.3. The number of hydrogen-bond donors (Lipinski definition) is 1. The molecule has 1 aliphatic rings. The lowest BCUT2D eigenvalue weighted by molar-refractivity contribution is 0.116. The molecule has 5 heteroatoms. The van der Waals surface area contributed by atoms with Crippen molar-refractivity contribution in [2.24, 2.45) is 5.92 Å². The van der Waals surface area contributed by atoms with E-state index in [1.165, 1.54) is 5.56 Å². The van der Waals surface area contributed by atoms with Crippen LogP contribution in [0.5, 0.6) is 0 Å². The van der Waals surface area contributed by atoms with Gasteiger partial charge in [-0.1, -0.05) is 18.2 Å². The minimum Gasteiger partial charge on any atom is -0.396 e. The van der Waals surface area contributed by atoms with Crippen LogP contribution >= 0.6 is 0 Å². The fourth-order valence-electron chi connectivity index (χ4n) is 3.68. The molecule has 1 saturated heterocycles. The molecule has 134 valence electrons. The lowest BCUT2D eigenvalue weighted by Gasteiger charge is -2.31. The zero-order valence-electron chi connectivity index (χ0n) is 14.8. The predicted octanol–water partition coefficient (Wildman–Crippen LogP) is 3.14. The van der Waals surface area contributed by atoms with Crippen LogP contribution in [-0.4, -0.2) is 44.5 Å². The number of aromatic nitrogens is 3. The summed E-state index contributed by atoms with van der Waals surface area (Å²) in [7, 11) is 0. The first-order valence-corrected chi connectivity index (χ1v) is 9.21. The molecule has 26 heavy (non-hydrogen) atoms. The van der Waals surface area contributed by atoms with Gasteiger partial charge in [0, 0.05) is 49.4 Å². The zero-order valence-corrected chi connectivity index (χ0v) is 14.8. The lowest BCUT2D eigenvalue weighted by atomic mass is 9.98. The molecule has 2 aromatic heterocycles. The van der Waals surface area contributed by atoms with E-state index in [1.54, 1.807) is 0 Å². The van der Waals surface area contributed by atoms with Crippen molar-refractivity contribution >= 4 is 0 Å². The third kappa shape index (κ3) is 3.69. The number of nitrogens with zero attached hydrogens (tertiary/aromatic N) is 4. The summed E-state index contributed by atoms with van der Waals surface area (Å²) < 4.78 is 1.96. The number of piperidine rings is 1. The van der Waals surface area contributed by atoms with Crippen molar-refractivity contribution in [3.8, 4) is 16.9 Å². The molecule has 1 aliphatic heterocycles. The molecule has 1 unspecified atom stereocenters. The molecule has 5 nitrogen and oxygen atoms in total. The molecule has 0 spiro atoms. The number of benzene rings is 1. The SMILES string of the molecule is OCC1CCCN(Cc2cn(-c3ccccc3)nc2-c2ccncc2)C1. The number of likely N-dealkylation sites (tertiary alicyclic amines) is 1. The number of rotatable bonds is 5. The highest BCUT2D eigenvalue weighted by Crippen LogP contribution is 2.26. The number of aliphatic hydroxyl groups excluding tert-OH is 1. The molecule has 1 atom stereocenters. The molecule has 1 fully saturated rings. The van der Waals surface area contributed by atoms with Crippen molar-refractivity contribution in [2.75, 3.05) is 19.7 Å². The number of hydrogen-bond acceptors (Lipinski definition) is 4. The first-order valence-electron chi connectivity index (χ1n) is 9.21. The summed E-state index contributed by atoms with van der Waals surface area (Å²) in [6.07, 6.45) is 8.01. The van der Waals surface area contributed by atoms with E-state index in [4.69, 9.17) is 5.10 Å². The summed E-state index contributed by atoms with van der Waals surface area (Å²) in [6, 6.07) is 14.2. The van der Waals surface area contributed by atoms with Crippen molar-refractivity contribution < 1.29 is 5.11 Å². The van der Waals surface area contributed by atoms with Crippen molar-refractivity contribution in [3.05, 3.63) is 66.6 Å². The Kier molecular flexibility index (Phi) is 5.09. The highest BCUT2D eigenvalue weighted by molar-refractivity contribution is 5.62.